The van der Waals surface area contributed by atoms with E-state index in [2.05, 4.69) is 27.8 Å². The van der Waals surface area contributed by atoms with E-state index in [0.29, 0.717) is 5.02 Å². The minimum atomic E-state index is 0.672. The second-order valence-electron chi connectivity index (χ2n) is 3.18. The van der Waals surface area contributed by atoms with Gasteiger partial charge in [-0.15, -0.1) is 0 Å². The maximum Gasteiger partial charge on any atom is 0.0453 e. The van der Waals surface area contributed by atoms with Crippen LogP contribution in [-0.4, -0.2) is 13.1 Å². The van der Waals surface area contributed by atoms with Crippen LogP contribution in [0.15, 0.2) is 29.3 Å². The van der Waals surface area contributed by atoms with Gasteiger partial charge in [-0.05, 0) is 30.7 Å². The molecule has 1 nitrogen and oxygen atoms in total. The lowest BCUT2D eigenvalue weighted by Crippen LogP contribution is -2.18. The molecular formula is C11H12BrCl2N. The maximum atomic E-state index is 6.03. The van der Waals surface area contributed by atoms with Crippen molar-refractivity contribution in [3.8, 4) is 0 Å². The van der Waals surface area contributed by atoms with Crippen LogP contribution in [0.25, 0.3) is 0 Å². The molecule has 1 N–H and O–H groups in total. The zero-order chi connectivity index (χ0) is 11.3. The quantitative estimate of drug-likeness (QED) is 0.810. The summed E-state index contributed by atoms with van der Waals surface area (Å²) >= 11 is 15.1. The average molecular weight is 309 g/mol. The fourth-order valence-electron chi connectivity index (χ4n) is 1.17. The Balaban J connectivity index is 2.40. The number of benzene rings is 1. The molecule has 0 unspecified atom stereocenters. The van der Waals surface area contributed by atoms with Gasteiger partial charge in [-0.1, -0.05) is 51.8 Å². The lowest BCUT2D eigenvalue weighted by Gasteiger charge is -2.06. The highest BCUT2D eigenvalue weighted by atomic mass is 79.9. The summed E-state index contributed by atoms with van der Waals surface area (Å²) in [7, 11) is 0. The van der Waals surface area contributed by atoms with Crippen molar-refractivity contribution >= 4 is 39.1 Å². The molecule has 0 saturated carbocycles. The summed E-state index contributed by atoms with van der Waals surface area (Å²) in [5.74, 6) is 0. The molecule has 0 aliphatic carbocycles. The zero-order valence-electron chi connectivity index (χ0n) is 8.19. The normalized spacial score (nSPS) is 10.3. The van der Waals surface area contributed by atoms with Gasteiger partial charge >= 0.3 is 0 Å². The van der Waals surface area contributed by atoms with E-state index in [1.165, 1.54) is 0 Å². The van der Waals surface area contributed by atoms with E-state index < -0.39 is 0 Å². The molecule has 0 aliphatic heterocycles. The molecule has 0 heterocycles. The average Bonchev–Trinajstić information content (AvgIpc) is 2.14. The predicted molar refractivity (Wildman–Crippen MR) is 71.1 cm³/mol. The highest BCUT2D eigenvalue weighted by molar-refractivity contribution is 9.11. The van der Waals surface area contributed by atoms with Crippen molar-refractivity contribution in [2.24, 2.45) is 0 Å². The van der Waals surface area contributed by atoms with Gasteiger partial charge in [0.2, 0.25) is 0 Å². The van der Waals surface area contributed by atoms with Crippen molar-refractivity contribution in [1.82, 2.24) is 5.32 Å². The van der Waals surface area contributed by atoms with Crippen molar-refractivity contribution in [3.05, 3.63) is 44.9 Å². The number of rotatable bonds is 5. The summed E-state index contributed by atoms with van der Waals surface area (Å²) in [4.78, 5) is 0. The summed E-state index contributed by atoms with van der Waals surface area (Å²) in [6.45, 7) is 5.38. The van der Waals surface area contributed by atoms with Crippen LogP contribution in [0.3, 0.4) is 0 Å². The lowest BCUT2D eigenvalue weighted by atomic mass is 10.1. The fourth-order valence-corrected chi connectivity index (χ4v) is 1.87. The van der Waals surface area contributed by atoms with E-state index in [0.717, 1.165) is 34.6 Å². The summed E-state index contributed by atoms with van der Waals surface area (Å²) in [5, 5.41) is 4.63. The van der Waals surface area contributed by atoms with Gasteiger partial charge < -0.3 is 5.32 Å². The van der Waals surface area contributed by atoms with Gasteiger partial charge in [0.05, 0.1) is 0 Å². The number of halogens is 3. The largest absolute Gasteiger partial charge is 0.312 e. The van der Waals surface area contributed by atoms with Gasteiger partial charge in [0.25, 0.3) is 0 Å². The first kappa shape index (κ1) is 13.0. The molecule has 4 heteroatoms. The van der Waals surface area contributed by atoms with Crippen LogP contribution in [0, 0.1) is 0 Å². The summed E-state index contributed by atoms with van der Waals surface area (Å²) in [6, 6.07) is 5.57. The molecule has 0 bridgehead atoms. The van der Waals surface area contributed by atoms with Gasteiger partial charge in [-0.25, -0.2) is 0 Å². The monoisotopic (exact) mass is 307 g/mol. The molecule has 0 atom stereocenters. The topological polar surface area (TPSA) is 12.0 Å². The molecular weight excluding hydrogens is 297 g/mol. The Morgan fingerprint density at radius 2 is 2.13 bits per heavy atom. The standard InChI is InChI=1S/C11H12BrCl2N/c1-8(12)7-15-5-4-9-2-3-10(13)6-11(9)14/h2-3,6,15H,1,4-5,7H2. The van der Waals surface area contributed by atoms with E-state index in [1.807, 2.05) is 12.1 Å². The van der Waals surface area contributed by atoms with Gasteiger partial charge in [0.1, 0.15) is 0 Å². The third-order valence-corrected chi connectivity index (χ3v) is 2.77. The van der Waals surface area contributed by atoms with Crippen molar-refractivity contribution in [3.63, 3.8) is 0 Å². The summed E-state index contributed by atoms with van der Waals surface area (Å²) < 4.78 is 0.949. The molecule has 0 radical (unpaired) electrons. The third-order valence-electron chi connectivity index (χ3n) is 1.90. The highest BCUT2D eigenvalue weighted by Gasteiger charge is 2.00. The van der Waals surface area contributed by atoms with Crippen molar-refractivity contribution in [2.75, 3.05) is 13.1 Å². The van der Waals surface area contributed by atoms with Crippen LogP contribution in [0.4, 0.5) is 0 Å². The molecule has 82 valence electrons. The van der Waals surface area contributed by atoms with E-state index >= 15 is 0 Å². The molecule has 0 saturated heterocycles. The Morgan fingerprint density at radius 1 is 1.40 bits per heavy atom. The Hall–Kier alpha value is -0.0200. The fraction of sp³-hybridized carbons (Fsp3) is 0.273. The summed E-state index contributed by atoms with van der Waals surface area (Å²) in [5.41, 5.74) is 1.11. The minimum Gasteiger partial charge on any atom is -0.312 e. The van der Waals surface area contributed by atoms with Crippen LogP contribution >= 0.6 is 39.1 Å². The van der Waals surface area contributed by atoms with E-state index in [1.54, 1.807) is 6.07 Å². The zero-order valence-corrected chi connectivity index (χ0v) is 11.3. The molecule has 15 heavy (non-hydrogen) atoms. The molecule has 0 amide bonds. The van der Waals surface area contributed by atoms with Crippen molar-refractivity contribution < 1.29 is 0 Å². The minimum absolute atomic E-state index is 0.672. The Bertz CT molecular complexity index is 352. The second-order valence-corrected chi connectivity index (χ2v) is 5.14. The van der Waals surface area contributed by atoms with Gasteiger partial charge in [-0.3, -0.25) is 0 Å². The van der Waals surface area contributed by atoms with Crippen LogP contribution in [-0.2, 0) is 6.42 Å². The van der Waals surface area contributed by atoms with Crippen LogP contribution in [0.5, 0.6) is 0 Å². The second kappa shape index (κ2) is 6.54. The summed E-state index contributed by atoms with van der Waals surface area (Å²) in [6.07, 6.45) is 0.885. The molecule has 1 aromatic carbocycles. The number of hydrogen-bond donors (Lipinski definition) is 1. The third kappa shape index (κ3) is 5.03. The first-order valence-corrected chi connectivity index (χ1v) is 6.12. The van der Waals surface area contributed by atoms with E-state index in [-0.39, 0.29) is 0 Å². The van der Waals surface area contributed by atoms with E-state index in [9.17, 15) is 0 Å². The number of nitrogens with one attached hydrogen (secondary N) is 1. The SMILES string of the molecule is C=C(Br)CNCCc1ccc(Cl)cc1Cl. The molecule has 0 aliphatic rings. The molecule has 0 spiro atoms. The Kier molecular flexibility index (Phi) is 5.69. The maximum absolute atomic E-state index is 6.03. The molecule has 1 rings (SSSR count). The van der Waals surface area contributed by atoms with Crippen molar-refractivity contribution in [1.29, 1.82) is 0 Å². The molecule has 0 aromatic heterocycles. The molecule has 0 fully saturated rings. The first-order chi connectivity index (χ1) is 7.09. The van der Waals surface area contributed by atoms with E-state index in [4.69, 9.17) is 23.2 Å². The smallest absolute Gasteiger partial charge is 0.0453 e. The predicted octanol–water partition coefficient (Wildman–Crippen LogP) is 4.03. The van der Waals surface area contributed by atoms with Gasteiger partial charge in [0.15, 0.2) is 0 Å². The molecule has 1 aromatic rings. The van der Waals surface area contributed by atoms with Crippen LogP contribution < -0.4 is 5.32 Å². The van der Waals surface area contributed by atoms with Crippen LogP contribution in [0.1, 0.15) is 5.56 Å². The highest BCUT2D eigenvalue weighted by Crippen LogP contribution is 2.20. The van der Waals surface area contributed by atoms with Gasteiger partial charge in [0, 0.05) is 21.1 Å². The van der Waals surface area contributed by atoms with Crippen molar-refractivity contribution in [2.45, 2.75) is 6.42 Å². The lowest BCUT2D eigenvalue weighted by molar-refractivity contribution is 0.742. The number of hydrogen-bond acceptors (Lipinski definition) is 1. The van der Waals surface area contributed by atoms with Gasteiger partial charge in [-0.2, -0.15) is 0 Å². The Morgan fingerprint density at radius 3 is 2.73 bits per heavy atom. The van der Waals surface area contributed by atoms with Crippen LogP contribution in [0.2, 0.25) is 10.0 Å². The first-order valence-electron chi connectivity index (χ1n) is 4.57. The Labute approximate surface area is 109 Å².